The summed E-state index contributed by atoms with van der Waals surface area (Å²) in [4.78, 5) is 22.7. The van der Waals surface area contributed by atoms with E-state index in [1.807, 2.05) is 56.3 Å². The summed E-state index contributed by atoms with van der Waals surface area (Å²) >= 11 is 0. The van der Waals surface area contributed by atoms with Gasteiger partial charge < -0.3 is 30.0 Å². The first kappa shape index (κ1) is 26.8. The van der Waals surface area contributed by atoms with Crippen LogP contribution in [0.1, 0.15) is 25.0 Å². The van der Waals surface area contributed by atoms with E-state index in [4.69, 9.17) is 24.7 Å². The van der Waals surface area contributed by atoms with Gasteiger partial charge in [-0.2, -0.15) is 0 Å². The van der Waals surface area contributed by atoms with E-state index < -0.39 is 6.16 Å². The second-order valence-corrected chi connectivity index (χ2v) is 6.26. The molecule has 174 valence electrons. The minimum Gasteiger partial charge on any atom is -0.494 e. The largest absolute Gasteiger partial charge is 0.513 e. The maximum Gasteiger partial charge on any atom is 0.513 e. The van der Waals surface area contributed by atoms with Crippen LogP contribution in [0.2, 0.25) is 0 Å². The summed E-state index contributed by atoms with van der Waals surface area (Å²) < 4.78 is 21.2. The zero-order valence-electron chi connectivity index (χ0n) is 18.2. The molecule has 2 aromatic carbocycles. The maximum absolute atomic E-state index is 11.7. The summed E-state index contributed by atoms with van der Waals surface area (Å²) in [7, 11) is 0. The normalized spacial score (nSPS) is 10.2. The highest BCUT2D eigenvalue weighted by Gasteiger charge is 2.06. The van der Waals surface area contributed by atoms with Crippen molar-refractivity contribution in [2.45, 2.75) is 13.8 Å². The van der Waals surface area contributed by atoms with E-state index in [1.54, 1.807) is 12.1 Å². The highest BCUT2D eigenvalue weighted by molar-refractivity contribution is 5.85. The Kier molecular flexibility index (Phi) is 12.3. The molecule has 9 heteroatoms. The summed E-state index contributed by atoms with van der Waals surface area (Å²) in [6.07, 6.45) is 3.04. The molecule has 0 bridgehead atoms. The van der Waals surface area contributed by atoms with Crippen molar-refractivity contribution in [3.63, 3.8) is 0 Å². The number of nitrogens with two attached hydrogens (primary N) is 1. The third kappa shape index (κ3) is 9.72. The Bertz CT molecular complexity index is 862. The average Bonchev–Trinajstić information content (AvgIpc) is 2.76. The summed E-state index contributed by atoms with van der Waals surface area (Å²) in [5, 5.41) is 2.49. The predicted octanol–water partition coefficient (Wildman–Crippen LogP) is 3.67. The Balaban J connectivity index is 0.00000512. The number of benzene rings is 2. The fourth-order valence-corrected chi connectivity index (χ4v) is 2.55. The van der Waals surface area contributed by atoms with Gasteiger partial charge in [0.15, 0.2) is 0 Å². The number of rotatable bonds is 11. The van der Waals surface area contributed by atoms with Crippen molar-refractivity contribution in [3.8, 4) is 17.2 Å². The zero-order valence-corrected chi connectivity index (χ0v) is 19.0. The SMILES string of the molecule is CCOc1cc(C=Cc2ccc(OC(=O)OCCNC(=O)CN)cc2)cc(OCC)c1.Cl. The molecule has 0 fully saturated rings. The molecule has 1 amide bonds. The Morgan fingerprint density at radius 1 is 0.906 bits per heavy atom. The van der Waals surface area contributed by atoms with E-state index in [0.717, 1.165) is 22.6 Å². The van der Waals surface area contributed by atoms with Gasteiger partial charge in [0, 0.05) is 6.07 Å². The van der Waals surface area contributed by atoms with Gasteiger partial charge in [0.25, 0.3) is 0 Å². The second-order valence-electron chi connectivity index (χ2n) is 6.26. The lowest BCUT2D eigenvalue weighted by Crippen LogP contribution is -2.33. The molecule has 2 rings (SSSR count). The van der Waals surface area contributed by atoms with Crippen LogP contribution in [-0.4, -0.2) is 45.0 Å². The number of nitrogens with one attached hydrogen (secondary N) is 1. The van der Waals surface area contributed by atoms with Crippen molar-refractivity contribution >= 4 is 36.6 Å². The van der Waals surface area contributed by atoms with Crippen LogP contribution < -0.4 is 25.3 Å². The highest BCUT2D eigenvalue weighted by Crippen LogP contribution is 2.25. The summed E-state index contributed by atoms with van der Waals surface area (Å²) in [6.45, 7) is 5.07. The molecule has 8 nitrogen and oxygen atoms in total. The molecule has 0 unspecified atom stereocenters. The fourth-order valence-electron chi connectivity index (χ4n) is 2.55. The molecule has 0 aliphatic heterocycles. The van der Waals surface area contributed by atoms with Crippen molar-refractivity contribution in [2.24, 2.45) is 5.73 Å². The van der Waals surface area contributed by atoms with Gasteiger partial charge in [0.2, 0.25) is 5.91 Å². The topological polar surface area (TPSA) is 109 Å². The average molecular weight is 465 g/mol. The lowest BCUT2D eigenvalue weighted by Gasteiger charge is -2.09. The number of carbonyl (C=O) groups is 2. The van der Waals surface area contributed by atoms with E-state index in [-0.39, 0.29) is 38.0 Å². The number of hydrogen-bond donors (Lipinski definition) is 2. The van der Waals surface area contributed by atoms with Crippen LogP contribution >= 0.6 is 12.4 Å². The third-order valence-electron chi connectivity index (χ3n) is 3.90. The number of hydrogen-bond acceptors (Lipinski definition) is 7. The van der Waals surface area contributed by atoms with Crippen LogP contribution in [0.3, 0.4) is 0 Å². The van der Waals surface area contributed by atoms with Crippen molar-refractivity contribution in [3.05, 3.63) is 53.6 Å². The Hall–Kier alpha value is -3.23. The molecule has 0 spiro atoms. The number of ether oxygens (including phenoxy) is 4. The van der Waals surface area contributed by atoms with Gasteiger partial charge in [-0.05, 0) is 49.2 Å². The molecule has 32 heavy (non-hydrogen) atoms. The minimum atomic E-state index is -0.846. The van der Waals surface area contributed by atoms with Crippen molar-refractivity contribution in [1.29, 1.82) is 0 Å². The van der Waals surface area contributed by atoms with Gasteiger partial charge in [-0.1, -0.05) is 24.3 Å². The van der Waals surface area contributed by atoms with Crippen molar-refractivity contribution in [2.75, 3.05) is 32.9 Å². The number of amides is 1. The first-order valence-corrected chi connectivity index (χ1v) is 10.0. The summed E-state index contributed by atoms with van der Waals surface area (Å²) in [6, 6.07) is 12.7. The molecule has 0 aromatic heterocycles. The van der Waals surface area contributed by atoms with Gasteiger partial charge in [-0.25, -0.2) is 4.79 Å². The Morgan fingerprint density at radius 2 is 1.50 bits per heavy atom. The standard InChI is InChI=1S/C23H28N2O6.ClH/c1-3-28-20-13-18(14-21(15-20)29-4-2)6-5-17-7-9-19(10-8-17)31-23(27)30-12-11-25-22(26)16-24;/h5-10,13-15H,3-4,11-12,16,24H2,1-2H3,(H,25,26);1H. The number of carbonyl (C=O) groups excluding carboxylic acids is 2. The van der Waals surface area contributed by atoms with Gasteiger partial charge >= 0.3 is 6.16 Å². The molecule has 0 saturated heterocycles. The highest BCUT2D eigenvalue weighted by atomic mass is 35.5. The molecule has 0 aliphatic rings. The first-order valence-electron chi connectivity index (χ1n) is 10.0. The maximum atomic E-state index is 11.7. The minimum absolute atomic E-state index is 0. The summed E-state index contributed by atoms with van der Waals surface area (Å²) in [5.41, 5.74) is 7.03. The van der Waals surface area contributed by atoms with Crippen LogP contribution in [0.4, 0.5) is 4.79 Å². The summed E-state index contributed by atoms with van der Waals surface area (Å²) in [5.74, 6) is 1.53. The van der Waals surface area contributed by atoms with E-state index in [0.29, 0.717) is 19.0 Å². The molecule has 0 heterocycles. The monoisotopic (exact) mass is 464 g/mol. The lowest BCUT2D eigenvalue weighted by atomic mass is 10.1. The quantitative estimate of drug-likeness (QED) is 0.226. The fraction of sp³-hybridized carbons (Fsp3) is 0.304. The van der Waals surface area contributed by atoms with Crippen LogP contribution in [0, 0.1) is 0 Å². The van der Waals surface area contributed by atoms with E-state index in [2.05, 4.69) is 5.32 Å². The molecule has 2 aromatic rings. The van der Waals surface area contributed by atoms with Gasteiger partial charge in [-0.15, -0.1) is 12.4 Å². The van der Waals surface area contributed by atoms with Gasteiger partial charge in [0.05, 0.1) is 26.3 Å². The molecule has 3 N–H and O–H groups in total. The first-order chi connectivity index (χ1) is 15.0. The molecule has 0 saturated carbocycles. The predicted molar refractivity (Wildman–Crippen MR) is 125 cm³/mol. The van der Waals surface area contributed by atoms with Crippen LogP contribution in [0.15, 0.2) is 42.5 Å². The lowest BCUT2D eigenvalue weighted by molar-refractivity contribution is -0.119. The smallest absolute Gasteiger partial charge is 0.494 e. The van der Waals surface area contributed by atoms with Crippen molar-refractivity contribution in [1.82, 2.24) is 5.32 Å². The third-order valence-corrected chi connectivity index (χ3v) is 3.90. The van der Waals surface area contributed by atoms with E-state index in [1.165, 1.54) is 0 Å². The van der Waals surface area contributed by atoms with Gasteiger partial charge in [-0.3, -0.25) is 4.79 Å². The van der Waals surface area contributed by atoms with E-state index in [9.17, 15) is 9.59 Å². The van der Waals surface area contributed by atoms with Crippen molar-refractivity contribution < 1.29 is 28.5 Å². The Labute approximate surface area is 194 Å². The molecule has 0 aliphatic carbocycles. The second kappa shape index (κ2) is 14.7. The van der Waals surface area contributed by atoms with Crippen LogP contribution in [0.25, 0.3) is 12.2 Å². The van der Waals surface area contributed by atoms with Gasteiger partial charge in [0.1, 0.15) is 23.9 Å². The Morgan fingerprint density at radius 3 is 2.06 bits per heavy atom. The molecular weight excluding hydrogens is 436 g/mol. The molecule has 0 radical (unpaired) electrons. The molecule has 0 atom stereocenters. The number of halogens is 1. The van der Waals surface area contributed by atoms with Crippen LogP contribution in [-0.2, 0) is 9.53 Å². The zero-order chi connectivity index (χ0) is 22.5. The molecular formula is C23H29ClN2O6. The van der Waals surface area contributed by atoms with E-state index >= 15 is 0 Å². The van der Waals surface area contributed by atoms with Crippen LogP contribution in [0.5, 0.6) is 17.2 Å².